The minimum absolute atomic E-state index is 0.0342. The summed E-state index contributed by atoms with van der Waals surface area (Å²) in [4.78, 5) is 37.0. The van der Waals surface area contributed by atoms with Gasteiger partial charge in [0, 0.05) is 13.0 Å². The molecule has 0 aromatic heterocycles. The molecule has 1 saturated heterocycles. The van der Waals surface area contributed by atoms with Crippen LogP contribution in [0, 0.1) is 5.41 Å². The zero-order valence-electron chi connectivity index (χ0n) is 19.1. The maximum absolute atomic E-state index is 12.9. The van der Waals surface area contributed by atoms with E-state index in [1.54, 1.807) is 6.92 Å². The number of aliphatic carboxylic acids is 1. The highest BCUT2D eigenvalue weighted by Gasteiger charge is 2.48. The molecule has 2 aromatic carbocycles. The lowest BCUT2D eigenvalue weighted by atomic mass is 9.84. The third-order valence-electron chi connectivity index (χ3n) is 6.55. The van der Waals surface area contributed by atoms with Crippen LogP contribution in [-0.2, 0) is 23.8 Å². The number of hydrogen-bond acceptors (Lipinski definition) is 6. The van der Waals surface area contributed by atoms with Crippen LogP contribution >= 0.6 is 0 Å². The second-order valence-corrected chi connectivity index (χ2v) is 8.77. The third-order valence-corrected chi connectivity index (χ3v) is 6.55. The van der Waals surface area contributed by atoms with Crippen LogP contribution in [0.4, 0.5) is 4.79 Å². The van der Waals surface area contributed by atoms with E-state index in [0.29, 0.717) is 0 Å². The first-order valence-electron chi connectivity index (χ1n) is 11.1. The van der Waals surface area contributed by atoms with Gasteiger partial charge in [-0.25, -0.2) is 9.59 Å². The summed E-state index contributed by atoms with van der Waals surface area (Å²) >= 11 is 0. The van der Waals surface area contributed by atoms with Crippen molar-refractivity contribution in [3.63, 3.8) is 0 Å². The Bertz CT molecular complexity index is 1040. The SMILES string of the molecule is COCC(NC(=O)C1(C)COCC1NC(=O)OCC1c2ccccc2-c2ccccc21)C(=O)O. The molecule has 0 bridgehead atoms. The molecule has 3 N–H and O–H groups in total. The van der Waals surface area contributed by atoms with Crippen molar-refractivity contribution in [2.75, 3.05) is 33.5 Å². The van der Waals surface area contributed by atoms with E-state index in [9.17, 15) is 19.5 Å². The van der Waals surface area contributed by atoms with Gasteiger partial charge in [0.15, 0.2) is 6.04 Å². The topological polar surface area (TPSA) is 123 Å². The summed E-state index contributed by atoms with van der Waals surface area (Å²) in [7, 11) is 1.35. The number of ether oxygens (including phenoxy) is 3. The molecule has 0 spiro atoms. The molecular weight excluding hydrogens is 440 g/mol. The highest BCUT2D eigenvalue weighted by atomic mass is 16.5. The molecule has 9 nitrogen and oxygen atoms in total. The lowest BCUT2D eigenvalue weighted by Gasteiger charge is -2.30. The Hall–Kier alpha value is -3.43. The maximum atomic E-state index is 12.9. The quantitative estimate of drug-likeness (QED) is 0.542. The minimum atomic E-state index is -1.21. The van der Waals surface area contributed by atoms with E-state index in [2.05, 4.69) is 22.8 Å². The van der Waals surface area contributed by atoms with E-state index >= 15 is 0 Å². The van der Waals surface area contributed by atoms with Crippen LogP contribution in [0.25, 0.3) is 11.1 Å². The number of carbonyl (C=O) groups excluding carboxylic acids is 2. The Morgan fingerprint density at radius 1 is 1.12 bits per heavy atom. The van der Waals surface area contributed by atoms with Gasteiger partial charge >= 0.3 is 12.1 Å². The van der Waals surface area contributed by atoms with Crippen molar-refractivity contribution in [3.8, 4) is 11.1 Å². The standard InChI is InChI=1S/C25H28N2O7/c1-25(23(30)26-20(12-32-2)22(28)29)14-33-13-21(25)27-24(31)34-11-19-17-9-5-3-7-15(17)16-8-4-6-10-18(16)19/h3-10,19-21H,11-14H2,1-2H3,(H,26,30)(H,27,31)(H,28,29). The summed E-state index contributed by atoms with van der Waals surface area (Å²) in [5.74, 6) is -1.84. The van der Waals surface area contributed by atoms with Crippen LogP contribution in [0.3, 0.4) is 0 Å². The smallest absolute Gasteiger partial charge is 0.407 e. The van der Waals surface area contributed by atoms with Crippen LogP contribution < -0.4 is 10.6 Å². The van der Waals surface area contributed by atoms with E-state index in [4.69, 9.17) is 14.2 Å². The normalized spacial score (nSPS) is 21.9. The first-order valence-corrected chi connectivity index (χ1v) is 11.1. The number of methoxy groups -OCH3 is 1. The third kappa shape index (κ3) is 4.49. The lowest BCUT2D eigenvalue weighted by molar-refractivity contribution is -0.145. The highest BCUT2D eigenvalue weighted by Crippen LogP contribution is 2.44. The van der Waals surface area contributed by atoms with Crippen molar-refractivity contribution in [2.24, 2.45) is 5.41 Å². The van der Waals surface area contributed by atoms with E-state index in [1.165, 1.54) is 7.11 Å². The first-order chi connectivity index (χ1) is 16.3. The van der Waals surface area contributed by atoms with Gasteiger partial charge < -0.3 is 30.0 Å². The lowest BCUT2D eigenvalue weighted by Crippen LogP contribution is -2.57. The number of carbonyl (C=O) groups is 3. The van der Waals surface area contributed by atoms with Gasteiger partial charge in [0.25, 0.3) is 0 Å². The van der Waals surface area contributed by atoms with E-state index < -0.39 is 35.5 Å². The minimum Gasteiger partial charge on any atom is -0.480 e. The average molecular weight is 469 g/mol. The van der Waals surface area contributed by atoms with E-state index in [0.717, 1.165) is 22.3 Å². The zero-order chi connectivity index (χ0) is 24.3. The number of carboxylic acid groups (broad SMARTS) is 1. The van der Waals surface area contributed by atoms with Gasteiger partial charge in [0.2, 0.25) is 5.91 Å². The van der Waals surface area contributed by atoms with Crippen LogP contribution in [0.5, 0.6) is 0 Å². The number of amides is 2. The molecule has 2 aliphatic rings. The van der Waals surface area contributed by atoms with Gasteiger partial charge in [-0.3, -0.25) is 4.79 Å². The highest BCUT2D eigenvalue weighted by molar-refractivity contribution is 5.88. The van der Waals surface area contributed by atoms with Gasteiger partial charge in [-0.15, -0.1) is 0 Å². The second kappa shape index (κ2) is 9.82. The summed E-state index contributed by atoms with van der Waals surface area (Å²) in [6.45, 7) is 1.73. The number of benzene rings is 2. The van der Waals surface area contributed by atoms with Gasteiger partial charge in [-0.1, -0.05) is 48.5 Å². The average Bonchev–Trinajstić information content (AvgIpc) is 3.36. The van der Waals surface area contributed by atoms with E-state index in [1.807, 2.05) is 36.4 Å². The molecular formula is C25H28N2O7. The monoisotopic (exact) mass is 468 g/mol. The summed E-state index contributed by atoms with van der Waals surface area (Å²) < 4.78 is 15.9. The fourth-order valence-corrected chi connectivity index (χ4v) is 4.54. The van der Waals surface area contributed by atoms with Crippen molar-refractivity contribution >= 4 is 18.0 Å². The molecule has 4 rings (SSSR count). The van der Waals surface area contributed by atoms with Crippen LogP contribution in [0.1, 0.15) is 24.0 Å². The number of fused-ring (bicyclic) bond motifs is 3. The summed E-state index contributed by atoms with van der Waals surface area (Å²) in [6.07, 6.45) is -0.664. The van der Waals surface area contributed by atoms with Gasteiger partial charge in [0.1, 0.15) is 6.61 Å². The molecule has 1 fully saturated rings. The Morgan fingerprint density at radius 3 is 2.32 bits per heavy atom. The molecule has 34 heavy (non-hydrogen) atoms. The summed E-state index contributed by atoms with van der Waals surface area (Å²) in [5.41, 5.74) is 3.30. The number of alkyl carbamates (subject to hydrolysis) is 1. The van der Waals surface area contributed by atoms with E-state index in [-0.39, 0.29) is 32.3 Å². The molecule has 3 atom stereocenters. The molecule has 180 valence electrons. The molecule has 2 amide bonds. The van der Waals surface area contributed by atoms with Crippen molar-refractivity contribution in [1.29, 1.82) is 0 Å². The molecule has 0 saturated carbocycles. The van der Waals surface area contributed by atoms with Crippen molar-refractivity contribution in [3.05, 3.63) is 59.7 Å². The Balaban J connectivity index is 1.40. The fourth-order valence-electron chi connectivity index (χ4n) is 4.54. The van der Waals surface area contributed by atoms with Gasteiger partial charge in [-0.05, 0) is 29.2 Å². The molecule has 2 aromatic rings. The van der Waals surface area contributed by atoms with Crippen molar-refractivity contribution in [1.82, 2.24) is 10.6 Å². The predicted molar refractivity (Wildman–Crippen MR) is 122 cm³/mol. The molecule has 9 heteroatoms. The van der Waals surface area contributed by atoms with Crippen molar-refractivity contribution < 1.29 is 33.7 Å². The zero-order valence-corrected chi connectivity index (χ0v) is 19.1. The molecule has 1 aliphatic carbocycles. The second-order valence-electron chi connectivity index (χ2n) is 8.77. The molecule has 1 aliphatic heterocycles. The summed E-state index contributed by atoms with van der Waals surface area (Å²) in [5, 5.41) is 14.5. The first kappa shape index (κ1) is 23.7. The number of nitrogens with one attached hydrogen (secondary N) is 2. The maximum Gasteiger partial charge on any atom is 0.407 e. The fraction of sp³-hybridized carbons (Fsp3) is 0.400. The number of carboxylic acids is 1. The Morgan fingerprint density at radius 2 is 1.74 bits per heavy atom. The number of hydrogen-bond donors (Lipinski definition) is 3. The molecule has 0 radical (unpaired) electrons. The Labute approximate surface area is 197 Å². The summed E-state index contributed by atoms with van der Waals surface area (Å²) in [6, 6.07) is 14.2. The number of rotatable bonds is 8. The van der Waals surface area contributed by atoms with Gasteiger partial charge in [-0.2, -0.15) is 0 Å². The van der Waals surface area contributed by atoms with Gasteiger partial charge in [0.05, 0.1) is 31.3 Å². The van der Waals surface area contributed by atoms with Crippen LogP contribution in [0.15, 0.2) is 48.5 Å². The molecule has 3 unspecified atom stereocenters. The predicted octanol–water partition coefficient (Wildman–Crippen LogP) is 2.15. The molecule has 1 heterocycles. The largest absolute Gasteiger partial charge is 0.480 e. The van der Waals surface area contributed by atoms with Crippen molar-refractivity contribution in [2.45, 2.75) is 24.9 Å². The Kier molecular flexibility index (Phi) is 6.85. The van der Waals surface area contributed by atoms with Crippen LogP contribution in [0.2, 0.25) is 0 Å². The van der Waals surface area contributed by atoms with Crippen LogP contribution in [-0.4, -0.2) is 68.7 Å².